The molecular formula is C19H27N. The molecule has 2 saturated carbocycles. The number of fused-ring (bicyclic) bond motifs is 2. The Labute approximate surface area is 123 Å². The van der Waals surface area contributed by atoms with Gasteiger partial charge in [-0.25, -0.2) is 0 Å². The fourth-order valence-electron chi connectivity index (χ4n) is 4.47. The second-order valence-electron chi connectivity index (χ2n) is 6.67. The molecule has 0 amide bonds. The maximum atomic E-state index is 3.86. The lowest BCUT2D eigenvalue weighted by atomic mass is 9.62. The Bertz CT molecular complexity index is 447. The predicted molar refractivity (Wildman–Crippen MR) is 86.0 cm³/mol. The molecule has 0 aliphatic heterocycles. The van der Waals surface area contributed by atoms with Gasteiger partial charge in [0.15, 0.2) is 0 Å². The molecule has 2 aliphatic rings. The van der Waals surface area contributed by atoms with E-state index in [0.717, 1.165) is 24.3 Å². The first-order valence-electron chi connectivity index (χ1n) is 8.20. The Morgan fingerprint density at radius 1 is 1.15 bits per heavy atom. The molecule has 2 fully saturated rings. The topological polar surface area (TPSA) is 12.0 Å². The van der Waals surface area contributed by atoms with Crippen LogP contribution < -0.4 is 5.32 Å². The highest BCUT2D eigenvalue weighted by Crippen LogP contribution is 2.47. The van der Waals surface area contributed by atoms with E-state index in [2.05, 4.69) is 43.1 Å². The Hall–Kier alpha value is -1.08. The molecule has 108 valence electrons. The molecular weight excluding hydrogens is 242 g/mol. The summed E-state index contributed by atoms with van der Waals surface area (Å²) in [4.78, 5) is 0. The van der Waals surface area contributed by atoms with E-state index >= 15 is 0 Å². The van der Waals surface area contributed by atoms with Gasteiger partial charge in [-0.1, -0.05) is 42.3 Å². The van der Waals surface area contributed by atoms with Gasteiger partial charge < -0.3 is 5.32 Å². The highest BCUT2D eigenvalue weighted by atomic mass is 14.9. The van der Waals surface area contributed by atoms with Gasteiger partial charge in [0.25, 0.3) is 0 Å². The minimum absolute atomic E-state index is 0.710. The highest BCUT2D eigenvalue weighted by molar-refractivity contribution is 5.26. The van der Waals surface area contributed by atoms with Crippen molar-refractivity contribution in [1.29, 1.82) is 0 Å². The molecule has 0 radical (unpaired) electrons. The molecule has 0 aromatic heterocycles. The molecule has 0 heterocycles. The summed E-state index contributed by atoms with van der Waals surface area (Å²) in [6, 6.07) is 9.98. The van der Waals surface area contributed by atoms with Crippen LogP contribution >= 0.6 is 0 Å². The largest absolute Gasteiger partial charge is 0.310 e. The van der Waals surface area contributed by atoms with Crippen molar-refractivity contribution in [1.82, 2.24) is 5.32 Å². The fourth-order valence-corrected chi connectivity index (χ4v) is 4.47. The first-order chi connectivity index (χ1) is 9.79. The van der Waals surface area contributed by atoms with Crippen LogP contribution in [0.2, 0.25) is 0 Å². The maximum Gasteiger partial charge on any atom is 0.0135 e. The summed E-state index contributed by atoms with van der Waals surface area (Å²) < 4.78 is 0. The van der Waals surface area contributed by atoms with Gasteiger partial charge in [0.05, 0.1) is 0 Å². The smallest absolute Gasteiger partial charge is 0.0135 e. The van der Waals surface area contributed by atoms with Gasteiger partial charge in [-0.2, -0.15) is 0 Å². The van der Waals surface area contributed by atoms with Crippen molar-refractivity contribution in [2.24, 2.45) is 11.8 Å². The number of hydrogen-bond donors (Lipinski definition) is 1. The van der Waals surface area contributed by atoms with E-state index in [-0.39, 0.29) is 0 Å². The molecule has 3 rings (SSSR count). The molecule has 4 unspecified atom stereocenters. The zero-order valence-electron chi connectivity index (χ0n) is 12.6. The van der Waals surface area contributed by atoms with Crippen LogP contribution in [-0.2, 0) is 0 Å². The standard InChI is InChI=1S/C19H27N/c1-3-13-20-19-16-5-4-6-18(19)17(12-11-16)15-9-7-14(2)8-10-15/h3,7-10,16-20H,1,4-6,11-13H2,2H3. The van der Waals surface area contributed by atoms with Crippen molar-refractivity contribution in [2.75, 3.05) is 6.54 Å². The van der Waals surface area contributed by atoms with E-state index < -0.39 is 0 Å². The Balaban J connectivity index is 1.81. The maximum absolute atomic E-state index is 3.86. The van der Waals surface area contributed by atoms with Crippen LogP contribution in [0, 0.1) is 18.8 Å². The minimum Gasteiger partial charge on any atom is -0.310 e. The normalized spacial score (nSPS) is 32.9. The lowest BCUT2D eigenvalue weighted by molar-refractivity contribution is 0.105. The first-order valence-corrected chi connectivity index (χ1v) is 8.20. The van der Waals surface area contributed by atoms with Crippen molar-refractivity contribution < 1.29 is 0 Å². The predicted octanol–water partition coefficient (Wildman–Crippen LogP) is 4.43. The third kappa shape index (κ3) is 2.69. The van der Waals surface area contributed by atoms with Crippen LogP contribution in [0.1, 0.15) is 49.1 Å². The van der Waals surface area contributed by atoms with Crippen molar-refractivity contribution in [3.8, 4) is 0 Å². The van der Waals surface area contributed by atoms with E-state index in [0.29, 0.717) is 6.04 Å². The third-order valence-electron chi connectivity index (χ3n) is 5.45. The molecule has 1 nitrogen and oxygen atoms in total. The third-order valence-corrected chi connectivity index (χ3v) is 5.45. The zero-order chi connectivity index (χ0) is 13.9. The molecule has 20 heavy (non-hydrogen) atoms. The second-order valence-corrected chi connectivity index (χ2v) is 6.67. The summed E-state index contributed by atoms with van der Waals surface area (Å²) in [5.74, 6) is 2.48. The van der Waals surface area contributed by atoms with Crippen LogP contribution in [-0.4, -0.2) is 12.6 Å². The van der Waals surface area contributed by atoms with Crippen molar-refractivity contribution >= 4 is 0 Å². The summed E-state index contributed by atoms with van der Waals surface area (Å²) in [5, 5.41) is 3.77. The average molecular weight is 269 g/mol. The van der Waals surface area contributed by atoms with E-state index in [1.807, 2.05) is 6.08 Å². The van der Waals surface area contributed by atoms with E-state index in [1.165, 1.54) is 37.7 Å². The van der Waals surface area contributed by atoms with Gasteiger partial charge >= 0.3 is 0 Å². The fraction of sp³-hybridized carbons (Fsp3) is 0.579. The van der Waals surface area contributed by atoms with Crippen LogP contribution in [0.5, 0.6) is 0 Å². The minimum atomic E-state index is 0.710. The van der Waals surface area contributed by atoms with Gasteiger partial charge in [0, 0.05) is 12.6 Å². The summed E-state index contributed by atoms with van der Waals surface area (Å²) >= 11 is 0. The number of benzene rings is 1. The summed E-state index contributed by atoms with van der Waals surface area (Å²) in [6.45, 7) is 7.00. The van der Waals surface area contributed by atoms with Gasteiger partial charge in [0.2, 0.25) is 0 Å². The second kappa shape index (κ2) is 6.13. The van der Waals surface area contributed by atoms with Crippen molar-refractivity contribution in [3.63, 3.8) is 0 Å². The lowest BCUT2D eigenvalue weighted by Crippen LogP contribution is -2.49. The summed E-state index contributed by atoms with van der Waals surface area (Å²) in [7, 11) is 0. The van der Waals surface area contributed by atoms with Crippen LogP contribution in [0.25, 0.3) is 0 Å². The Kier molecular flexibility index (Phi) is 4.26. The zero-order valence-corrected chi connectivity index (χ0v) is 12.6. The quantitative estimate of drug-likeness (QED) is 0.797. The van der Waals surface area contributed by atoms with Crippen LogP contribution in [0.15, 0.2) is 36.9 Å². The van der Waals surface area contributed by atoms with Gasteiger partial charge in [-0.15, -0.1) is 6.58 Å². The molecule has 4 atom stereocenters. The Morgan fingerprint density at radius 3 is 2.70 bits per heavy atom. The molecule has 2 bridgehead atoms. The molecule has 1 aromatic carbocycles. The van der Waals surface area contributed by atoms with Gasteiger partial charge in [-0.05, 0) is 55.9 Å². The number of rotatable bonds is 4. The molecule has 1 N–H and O–H groups in total. The monoisotopic (exact) mass is 269 g/mol. The van der Waals surface area contributed by atoms with E-state index in [4.69, 9.17) is 0 Å². The van der Waals surface area contributed by atoms with Crippen molar-refractivity contribution in [3.05, 3.63) is 48.0 Å². The first kappa shape index (κ1) is 13.9. The van der Waals surface area contributed by atoms with Gasteiger partial charge in [-0.3, -0.25) is 0 Å². The van der Waals surface area contributed by atoms with E-state index in [1.54, 1.807) is 5.56 Å². The number of hydrogen-bond acceptors (Lipinski definition) is 1. The highest BCUT2D eigenvalue weighted by Gasteiger charge is 2.41. The molecule has 1 aromatic rings. The van der Waals surface area contributed by atoms with Crippen molar-refractivity contribution in [2.45, 2.75) is 51.0 Å². The summed E-state index contributed by atoms with van der Waals surface area (Å²) in [5.41, 5.74) is 2.93. The number of aryl methyl sites for hydroxylation is 1. The molecule has 1 heteroatoms. The summed E-state index contributed by atoms with van der Waals surface area (Å²) in [6.07, 6.45) is 9.01. The molecule has 2 aliphatic carbocycles. The SMILES string of the molecule is C=CCNC1C2CCCC1C(c1ccc(C)cc1)CC2. The molecule has 0 spiro atoms. The average Bonchev–Trinajstić information content (AvgIpc) is 2.46. The lowest BCUT2D eigenvalue weighted by Gasteiger charge is -2.47. The van der Waals surface area contributed by atoms with Gasteiger partial charge in [0.1, 0.15) is 0 Å². The number of nitrogens with one attached hydrogen (secondary N) is 1. The molecule has 0 saturated heterocycles. The van der Waals surface area contributed by atoms with Crippen LogP contribution in [0.4, 0.5) is 0 Å². The Morgan fingerprint density at radius 2 is 1.95 bits per heavy atom. The van der Waals surface area contributed by atoms with Crippen LogP contribution in [0.3, 0.4) is 0 Å². The van der Waals surface area contributed by atoms with E-state index in [9.17, 15) is 0 Å².